The number of hydrogen-bond donors (Lipinski definition) is 2. The number of amides is 2. The van der Waals surface area contributed by atoms with Crippen molar-refractivity contribution in [2.75, 3.05) is 37.2 Å². The smallest absolute Gasteiger partial charge is 0.317 e. The second-order valence-electron chi connectivity index (χ2n) is 13.3. The van der Waals surface area contributed by atoms with Crippen LogP contribution in [0.1, 0.15) is 89.0 Å². The minimum atomic E-state index is -3.31. The molecule has 0 radical (unpaired) electrons. The Morgan fingerprint density at radius 2 is 1.39 bits per heavy atom. The van der Waals surface area contributed by atoms with E-state index in [0.29, 0.717) is 23.4 Å². The van der Waals surface area contributed by atoms with E-state index in [2.05, 4.69) is 32.0 Å². The Kier molecular flexibility index (Phi) is 11.8. The summed E-state index contributed by atoms with van der Waals surface area (Å²) in [6, 6.07) is 15.5. The van der Waals surface area contributed by atoms with Gasteiger partial charge in [-0.25, -0.2) is 13.2 Å². The van der Waals surface area contributed by atoms with Crippen LogP contribution < -0.4 is 14.8 Å². The lowest BCUT2D eigenvalue weighted by Crippen LogP contribution is -2.52. The highest BCUT2D eigenvalue weighted by Gasteiger charge is 2.30. The predicted octanol–water partition coefficient (Wildman–Crippen LogP) is 7.38. The zero-order valence-corrected chi connectivity index (χ0v) is 27.3. The fraction of sp³-hybridized carbons (Fsp3) is 0.629. The minimum absolute atomic E-state index is 0.168. The quantitative estimate of drug-likeness (QED) is 0.257. The molecule has 2 aromatic carbocycles. The number of sulfonamides is 1. The Morgan fingerprint density at radius 1 is 0.818 bits per heavy atom. The van der Waals surface area contributed by atoms with Gasteiger partial charge in [0.05, 0.1) is 6.26 Å². The zero-order chi connectivity index (χ0) is 30.8. The summed E-state index contributed by atoms with van der Waals surface area (Å²) in [5.41, 5.74) is 1.74. The number of urea groups is 1. The Balaban J connectivity index is 1.09. The normalized spacial score (nSPS) is 19.4. The second kappa shape index (κ2) is 16.0. The summed E-state index contributed by atoms with van der Waals surface area (Å²) < 4.78 is 31.2. The standard InChI is InChI=1S/C35H52N4O4S/c1-44(41,42)37-31-14-18-34(19-15-31)43-33-16-12-30(13-17-33)26-38-24-21-32(22-25-38)39(27-29-10-6-3-7-11-29)35(40)36-23-20-28-8-4-2-5-9-28/h12-19,28-29,32,37H,2-11,20-27H2,1H3,(H,36,40). The van der Waals surface area contributed by atoms with Gasteiger partial charge in [-0.1, -0.05) is 63.5 Å². The number of ether oxygens (including phenoxy) is 1. The van der Waals surface area contributed by atoms with E-state index >= 15 is 0 Å². The van der Waals surface area contributed by atoms with Crippen molar-refractivity contribution in [2.45, 2.75) is 96.1 Å². The largest absolute Gasteiger partial charge is 0.457 e. The van der Waals surface area contributed by atoms with Crippen molar-refractivity contribution in [1.82, 2.24) is 15.1 Å². The molecular weight excluding hydrogens is 572 g/mol. The van der Waals surface area contributed by atoms with Crippen LogP contribution in [0, 0.1) is 11.8 Å². The van der Waals surface area contributed by atoms with E-state index in [1.54, 1.807) is 24.3 Å². The molecule has 0 spiro atoms. The third kappa shape index (κ3) is 10.4. The first-order chi connectivity index (χ1) is 21.3. The topological polar surface area (TPSA) is 91.0 Å². The summed E-state index contributed by atoms with van der Waals surface area (Å²) in [5, 5.41) is 3.34. The molecule has 3 aliphatic rings. The number of hydrogen-bond acceptors (Lipinski definition) is 5. The second-order valence-corrected chi connectivity index (χ2v) is 15.1. The maximum atomic E-state index is 13.5. The molecule has 242 valence electrons. The van der Waals surface area contributed by atoms with E-state index < -0.39 is 10.0 Å². The Bertz CT molecular complexity index is 1260. The molecule has 0 aromatic heterocycles. The van der Waals surface area contributed by atoms with E-state index in [9.17, 15) is 13.2 Å². The van der Waals surface area contributed by atoms with E-state index in [1.165, 1.54) is 69.8 Å². The fourth-order valence-electron chi connectivity index (χ4n) is 7.26. The average molecular weight is 625 g/mol. The van der Waals surface area contributed by atoms with Crippen LogP contribution in [0.25, 0.3) is 0 Å². The summed E-state index contributed by atoms with van der Waals surface area (Å²) in [5.74, 6) is 2.82. The van der Waals surface area contributed by atoms with Crippen molar-refractivity contribution in [1.29, 1.82) is 0 Å². The Morgan fingerprint density at radius 3 is 1.98 bits per heavy atom. The van der Waals surface area contributed by atoms with Gasteiger partial charge >= 0.3 is 6.03 Å². The summed E-state index contributed by atoms with van der Waals surface area (Å²) in [4.78, 5) is 18.3. The molecule has 3 fully saturated rings. The van der Waals surface area contributed by atoms with Crippen molar-refractivity contribution in [3.05, 3.63) is 54.1 Å². The van der Waals surface area contributed by atoms with Crippen LogP contribution in [0.2, 0.25) is 0 Å². The van der Waals surface area contributed by atoms with Crippen LogP contribution >= 0.6 is 0 Å². The molecule has 2 aliphatic carbocycles. The molecule has 5 rings (SSSR count). The summed E-state index contributed by atoms with van der Waals surface area (Å²) >= 11 is 0. The Hall–Kier alpha value is -2.78. The molecule has 2 saturated carbocycles. The van der Waals surface area contributed by atoms with Gasteiger partial charge in [-0.3, -0.25) is 9.62 Å². The number of benzene rings is 2. The SMILES string of the molecule is CS(=O)(=O)Nc1ccc(Oc2ccc(CN3CCC(N(CC4CCCCC4)C(=O)NCCC4CCCCC4)CC3)cc2)cc1. The molecule has 0 atom stereocenters. The molecule has 1 heterocycles. The third-order valence-electron chi connectivity index (χ3n) is 9.71. The zero-order valence-electron chi connectivity index (χ0n) is 26.5. The van der Waals surface area contributed by atoms with Gasteiger partial charge < -0.3 is 15.0 Å². The highest BCUT2D eigenvalue weighted by Crippen LogP contribution is 2.29. The number of carbonyl (C=O) groups excluding carboxylic acids is 1. The van der Waals surface area contributed by atoms with Crippen LogP contribution in [-0.4, -0.2) is 62.7 Å². The number of piperidine rings is 1. The van der Waals surface area contributed by atoms with E-state index in [1.807, 2.05) is 12.1 Å². The number of carbonyl (C=O) groups is 1. The molecule has 0 unspecified atom stereocenters. The first-order valence-electron chi connectivity index (χ1n) is 16.9. The van der Waals surface area contributed by atoms with Crippen LogP contribution in [0.3, 0.4) is 0 Å². The van der Waals surface area contributed by atoms with Crippen LogP contribution in [-0.2, 0) is 16.6 Å². The molecule has 2 N–H and O–H groups in total. The number of likely N-dealkylation sites (tertiary alicyclic amines) is 1. The molecule has 0 bridgehead atoms. The lowest BCUT2D eigenvalue weighted by atomic mass is 9.87. The van der Waals surface area contributed by atoms with Gasteiger partial charge in [-0.2, -0.15) is 0 Å². The predicted molar refractivity (Wildman–Crippen MR) is 178 cm³/mol. The molecule has 8 nitrogen and oxygen atoms in total. The van der Waals surface area contributed by atoms with Crippen molar-refractivity contribution in [2.24, 2.45) is 11.8 Å². The van der Waals surface area contributed by atoms with Gasteiger partial charge in [0, 0.05) is 44.5 Å². The van der Waals surface area contributed by atoms with Gasteiger partial charge in [0.2, 0.25) is 10.0 Å². The first kappa shape index (κ1) is 32.6. The highest BCUT2D eigenvalue weighted by atomic mass is 32.2. The minimum Gasteiger partial charge on any atom is -0.457 e. The van der Waals surface area contributed by atoms with E-state index in [-0.39, 0.29) is 6.03 Å². The summed E-state index contributed by atoms with van der Waals surface area (Å²) in [6.07, 6.45) is 17.5. The maximum Gasteiger partial charge on any atom is 0.317 e. The van der Waals surface area contributed by atoms with Crippen molar-refractivity contribution < 1.29 is 17.9 Å². The maximum absolute atomic E-state index is 13.5. The fourth-order valence-corrected chi connectivity index (χ4v) is 7.82. The molecular formula is C35H52N4O4S. The first-order valence-corrected chi connectivity index (χ1v) is 18.8. The molecule has 1 aliphatic heterocycles. The van der Waals surface area contributed by atoms with E-state index in [4.69, 9.17) is 4.74 Å². The monoisotopic (exact) mass is 624 g/mol. The van der Waals surface area contributed by atoms with Crippen molar-refractivity contribution in [3.63, 3.8) is 0 Å². The molecule has 1 saturated heterocycles. The molecule has 2 amide bonds. The molecule has 2 aromatic rings. The number of rotatable bonds is 12. The average Bonchev–Trinajstić information content (AvgIpc) is 3.02. The van der Waals surface area contributed by atoms with Gasteiger partial charge in [-0.05, 0) is 85.9 Å². The number of nitrogens with one attached hydrogen (secondary N) is 2. The highest BCUT2D eigenvalue weighted by molar-refractivity contribution is 7.92. The van der Waals surface area contributed by atoms with Crippen molar-refractivity contribution >= 4 is 21.7 Å². The third-order valence-corrected chi connectivity index (χ3v) is 10.3. The summed E-state index contributed by atoms with van der Waals surface area (Å²) in [6.45, 7) is 4.60. The summed E-state index contributed by atoms with van der Waals surface area (Å²) in [7, 11) is -3.31. The van der Waals surface area contributed by atoms with E-state index in [0.717, 1.165) is 69.9 Å². The van der Waals surface area contributed by atoms with Crippen LogP contribution in [0.4, 0.5) is 10.5 Å². The van der Waals surface area contributed by atoms with Crippen molar-refractivity contribution in [3.8, 4) is 11.5 Å². The van der Waals surface area contributed by atoms with Crippen LogP contribution in [0.15, 0.2) is 48.5 Å². The van der Waals surface area contributed by atoms with Crippen LogP contribution in [0.5, 0.6) is 11.5 Å². The molecule has 9 heteroatoms. The Labute approximate surface area is 265 Å². The van der Waals surface area contributed by atoms with Gasteiger partial charge in [-0.15, -0.1) is 0 Å². The lowest BCUT2D eigenvalue weighted by molar-refractivity contribution is 0.101. The van der Waals surface area contributed by atoms with Gasteiger partial charge in [0.25, 0.3) is 0 Å². The molecule has 44 heavy (non-hydrogen) atoms. The number of anilines is 1. The van der Waals surface area contributed by atoms with Gasteiger partial charge in [0.1, 0.15) is 11.5 Å². The lowest BCUT2D eigenvalue weighted by Gasteiger charge is -2.40. The number of nitrogens with zero attached hydrogens (tertiary/aromatic N) is 2. The van der Waals surface area contributed by atoms with Gasteiger partial charge in [0.15, 0.2) is 0 Å².